The monoisotopic (exact) mass is 250 g/mol. The summed E-state index contributed by atoms with van der Waals surface area (Å²) < 4.78 is 1.93. The Hall–Kier alpha value is -1.63. The molecule has 0 atom stereocenters. The zero-order chi connectivity index (χ0) is 12.4. The third-order valence-electron chi connectivity index (χ3n) is 2.30. The van der Waals surface area contributed by atoms with Crippen molar-refractivity contribution in [3.05, 3.63) is 17.6 Å². The van der Waals surface area contributed by atoms with Gasteiger partial charge in [-0.25, -0.2) is 9.97 Å². The molecule has 17 heavy (non-hydrogen) atoms. The van der Waals surface area contributed by atoms with E-state index in [1.807, 2.05) is 31.5 Å². The first-order chi connectivity index (χ1) is 8.10. The third kappa shape index (κ3) is 2.55. The summed E-state index contributed by atoms with van der Waals surface area (Å²) in [5, 5.41) is 12.7. The topological polar surface area (TPSA) is 68.5 Å². The van der Waals surface area contributed by atoms with Crippen molar-refractivity contribution in [2.24, 2.45) is 7.05 Å². The SMILES string of the molecule is CNc1nc(C)cc(Sc2nnc(C)n2C)n1. The van der Waals surface area contributed by atoms with E-state index in [9.17, 15) is 0 Å². The Bertz CT molecular complexity index is 536. The van der Waals surface area contributed by atoms with Gasteiger partial charge in [0.1, 0.15) is 10.9 Å². The lowest BCUT2D eigenvalue weighted by molar-refractivity contribution is 0.764. The van der Waals surface area contributed by atoms with Gasteiger partial charge in [-0.3, -0.25) is 0 Å². The standard InChI is InChI=1S/C10H14N6S/c1-6-5-8(13-9(11-3)12-6)17-10-15-14-7(2)16(10)4/h5H,1-4H3,(H,11,12,13). The minimum Gasteiger partial charge on any atom is -0.357 e. The Morgan fingerprint density at radius 1 is 1.24 bits per heavy atom. The highest BCUT2D eigenvalue weighted by atomic mass is 32.2. The molecule has 0 aliphatic heterocycles. The van der Waals surface area contributed by atoms with Gasteiger partial charge in [-0.2, -0.15) is 0 Å². The molecular formula is C10H14N6S. The van der Waals surface area contributed by atoms with Crippen molar-refractivity contribution >= 4 is 17.7 Å². The van der Waals surface area contributed by atoms with Gasteiger partial charge in [0, 0.05) is 19.8 Å². The summed E-state index contributed by atoms with van der Waals surface area (Å²) in [6.45, 7) is 3.86. The van der Waals surface area contributed by atoms with E-state index < -0.39 is 0 Å². The molecule has 0 saturated heterocycles. The molecule has 0 saturated carbocycles. The molecule has 0 aliphatic carbocycles. The summed E-state index contributed by atoms with van der Waals surface area (Å²) in [7, 11) is 3.74. The first-order valence-electron chi connectivity index (χ1n) is 5.17. The molecule has 2 aromatic rings. The summed E-state index contributed by atoms with van der Waals surface area (Å²) in [4.78, 5) is 8.60. The smallest absolute Gasteiger partial charge is 0.223 e. The second-order valence-electron chi connectivity index (χ2n) is 3.61. The van der Waals surface area contributed by atoms with Crippen LogP contribution in [-0.2, 0) is 7.05 Å². The van der Waals surface area contributed by atoms with Gasteiger partial charge in [-0.1, -0.05) is 0 Å². The first kappa shape index (κ1) is 11.8. The number of aromatic nitrogens is 5. The lowest BCUT2D eigenvalue weighted by Crippen LogP contribution is -1.99. The van der Waals surface area contributed by atoms with Gasteiger partial charge in [0.15, 0.2) is 5.16 Å². The van der Waals surface area contributed by atoms with Gasteiger partial charge in [0.25, 0.3) is 0 Å². The number of aryl methyl sites for hydroxylation is 2. The van der Waals surface area contributed by atoms with Crippen molar-refractivity contribution in [2.45, 2.75) is 24.0 Å². The number of nitrogens with one attached hydrogen (secondary N) is 1. The summed E-state index contributed by atoms with van der Waals surface area (Å²) in [6, 6.07) is 1.93. The third-order valence-corrected chi connectivity index (χ3v) is 3.26. The van der Waals surface area contributed by atoms with Crippen molar-refractivity contribution in [3.63, 3.8) is 0 Å². The van der Waals surface area contributed by atoms with Crippen molar-refractivity contribution in [1.82, 2.24) is 24.7 Å². The normalized spacial score (nSPS) is 10.6. The molecular weight excluding hydrogens is 236 g/mol. The van der Waals surface area contributed by atoms with Crippen LogP contribution in [0, 0.1) is 13.8 Å². The molecule has 90 valence electrons. The van der Waals surface area contributed by atoms with Crippen LogP contribution in [0.25, 0.3) is 0 Å². The highest BCUT2D eigenvalue weighted by Gasteiger charge is 2.09. The van der Waals surface area contributed by atoms with E-state index in [2.05, 4.69) is 25.5 Å². The molecule has 0 spiro atoms. The minimum absolute atomic E-state index is 0.617. The van der Waals surface area contributed by atoms with Crippen LogP contribution < -0.4 is 5.32 Å². The molecule has 6 nitrogen and oxygen atoms in total. The van der Waals surface area contributed by atoms with Crippen molar-refractivity contribution in [1.29, 1.82) is 0 Å². The van der Waals surface area contributed by atoms with Gasteiger partial charge in [0.05, 0.1) is 0 Å². The predicted octanol–water partition coefficient (Wildman–Crippen LogP) is 1.41. The summed E-state index contributed by atoms with van der Waals surface area (Å²) >= 11 is 1.48. The maximum absolute atomic E-state index is 4.36. The van der Waals surface area contributed by atoms with Crippen LogP contribution in [0.1, 0.15) is 11.5 Å². The number of hydrogen-bond acceptors (Lipinski definition) is 6. The number of hydrogen-bond donors (Lipinski definition) is 1. The van der Waals surface area contributed by atoms with Crippen LogP contribution in [0.2, 0.25) is 0 Å². The van der Waals surface area contributed by atoms with E-state index >= 15 is 0 Å². The molecule has 0 fully saturated rings. The van der Waals surface area contributed by atoms with Gasteiger partial charge in [-0.05, 0) is 31.7 Å². The Balaban J connectivity index is 2.29. The molecule has 0 unspecified atom stereocenters. The molecule has 0 aromatic carbocycles. The number of nitrogens with zero attached hydrogens (tertiary/aromatic N) is 5. The van der Waals surface area contributed by atoms with Crippen LogP contribution in [0.15, 0.2) is 16.2 Å². The maximum atomic E-state index is 4.36. The van der Waals surface area contributed by atoms with Crippen LogP contribution in [0.4, 0.5) is 5.95 Å². The molecule has 2 rings (SSSR count). The fourth-order valence-electron chi connectivity index (χ4n) is 1.27. The molecule has 2 aromatic heterocycles. The van der Waals surface area contributed by atoms with Crippen molar-refractivity contribution in [3.8, 4) is 0 Å². The summed E-state index contributed by atoms with van der Waals surface area (Å²) in [5.41, 5.74) is 0.922. The fourth-order valence-corrected chi connectivity index (χ4v) is 2.17. The molecule has 0 radical (unpaired) electrons. The summed E-state index contributed by atoms with van der Waals surface area (Å²) in [5.74, 6) is 1.50. The Kier molecular flexibility index (Phi) is 3.28. The average Bonchev–Trinajstić information content (AvgIpc) is 2.60. The van der Waals surface area contributed by atoms with E-state index in [0.717, 1.165) is 21.7 Å². The van der Waals surface area contributed by atoms with Crippen molar-refractivity contribution < 1.29 is 0 Å². The molecule has 0 bridgehead atoms. The number of rotatable bonds is 3. The summed E-state index contributed by atoms with van der Waals surface area (Å²) in [6.07, 6.45) is 0. The molecule has 1 N–H and O–H groups in total. The average molecular weight is 250 g/mol. The zero-order valence-electron chi connectivity index (χ0n) is 10.2. The largest absolute Gasteiger partial charge is 0.357 e. The van der Waals surface area contributed by atoms with Crippen LogP contribution >= 0.6 is 11.8 Å². The van der Waals surface area contributed by atoms with Crippen molar-refractivity contribution in [2.75, 3.05) is 12.4 Å². The fraction of sp³-hybridized carbons (Fsp3) is 0.400. The second kappa shape index (κ2) is 4.70. The van der Waals surface area contributed by atoms with Crippen LogP contribution in [-0.4, -0.2) is 31.8 Å². The van der Waals surface area contributed by atoms with Gasteiger partial charge < -0.3 is 9.88 Å². The van der Waals surface area contributed by atoms with Gasteiger partial charge in [0.2, 0.25) is 5.95 Å². The van der Waals surface area contributed by atoms with Crippen LogP contribution in [0.5, 0.6) is 0 Å². The first-order valence-corrected chi connectivity index (χ1v) is 5.99. The van der Waals surface area contributed by atoms with Gasteiger partial charge in [-0.15, -0.1) is 10.2 Å². The van der Waals surface area contributed by atoms with Gasteiger partial charge >= 0.3 is 0 Å². The zero-order valence-corrected chi connectivity index (χ0v) is 11.0. The maximum Gasteiger partial charge on any atom is 0.223 e. The molecule has 2 heterocycles. The lowest BCUT2D eigenvalue weighted by atomic mass is 10.5. The Morgan fingerprint density at radius 2 is 2.00 bits per heavy atom. The molecule has 7 heteroatoms. The molecule has 0 amide bonds. The van der Waals surface area contributed by atoms with E-state index in [1.54, 1.807) is 7.05 Å². The highest BCUT2D eigenvalue weighted by Crippen LogP contribution is 2.25. The van der Waals surface area contributed by atoms with E-state index in [-0.39, 0.29) is 0 Å². The van der Waals surface area contributed by atoms with E-state index in [0.29, 0.717) is 5.95 Å². The molecule has 0 aliphatic rings. The second-order valence-corrected chi connectivity index (χ2v) is 4.60. The predicted molar refractivity (Wildman–Crippen MR) is 66.2 cm³/mol. The van der Waals surface area contributed by atoms with E-state index in [4.69, 9.17) is 0 Å². The quantitative estimate of drug-likeness (QED) is 0.831. The number of anilines is 1. The minimum atomic E-state index is 0.617. The highest BCUT2D eigenvalue weighted by molar-refractivity contribution is 7.99. The Morgan fingerprint density at radius 3 is 2.59 bits per heavy atom. The van der Waals surface area contributed by atoms with Crippen LogP contribution in [0.3, 0.4) is 0 Å². The Labute approximate surface area is 104 Å². The lowest BCUT2D eigenvalue weighted by Gasteiger charge is -2.04. The van der Waals surface area contributed by atoms with E-state index in [1.165, 1.54) is 11.8 Å².